The molecular formula is C18H17N3. The van der Waals surface area contributed by atoms with Crippen molar-refractivity contribution in [1.82, 2.24) is 9.97 Å². The molecule has 3 rings (SSSR count). The van der Waals surface area contributed by atoms with Crippen LogP contribution in [0.4, 0.5) is 5.69 Å². The zero-order valence-electron chi connectivity index (χ0n) is 12.0. The van der Waals surface area contributed by atoms with E-state index in [1.54, 1.807) is 0 Å². The van der Waals surface area contributed by atoms with Crippen LogP contribution in [0, 0.1) is 6.92 Å². The monoisotopic (exact) mass is 275 g/mol. The molecule has 0 saturated carbocycles. The Morgan fingerprint density at radius 2 is 1.67 bits per heavy atom. The smallest absolute Gasteiger partial charge is 0.159 e. The van der Waals surface area contributed by atoms with Crippen LogP contribution in [0.3, 0.4) is 0 Å². The summed E-state index contributed by atoms with van der Waals surface area (Å²) in [6.45, 7) is 2.87. The van der Waals surface area contributed by atoms with Crippen molar-refractivity contribution < 1.29 is 0 Å². The topological polar surface area (TPSA) is 37.8 Å². The average Bonchev–Trinajstić information content (AvgIpc) is 2.54. The predicted octanol–water partition coefficient (Wildman–Crippen LogP) is 4.06. The first-order valence-corrected chi connectivity index (χ1v) is 6.98. The fourth-order valence-corrected chi connectivity index (χ4v) is 2.18. The summed E-state index contributed by atoms with van der Waals surface area (Å²) in [5.74, 6) is 0.747. The van der Waals surface area contributed by atoms with E-state index in [4.69, 9.17) is 0 Å². The molecule has 0 amide bonds. The molecule has 3 aromatic rings. The van der Waals surface area contributed by atoms with E-state index >= 15 is 0 Å². The minimum Gasteiger partial charge on any atom is -0.378 e. The molecule has 1 aromatic heterocycles. The van der Waals surface area contributed by atoms with Gasteiger partial charge < -0.3 is 5.32 Å². The molecule has 3 heteroatoms. The third-order valence-corrected chi connectivity index (χ3v) is 3.26. The number of nitrogens with zero attached hydrogens (tertiary/aromatic N) is 2. The second-order valence-corrected chi connectivity index (χ2v) is 5.00. The molecule has 0 spiro atoms. The minimum absolute atomic E-state index is 0.747. The number of benzene rings is 2. The first-order valence-electron chi connectivity index (χ1n) is 6.98. The van der Waals surface area contributed by atoms with E-state index < -0.39 is 0 Å². The van der Waals surface area contributed by atoms with Crippen LogP contribution in [0.5, 0.6) is 0 Å². The molecule has 21 heavy (non-hydrogen) atoms. The Balaban J connectivity index is 1.68. The zero-order valence-corrected chi connectivity index (χ0v) is 12.0. The van der Waals surface area contributed by atoms with Crippen molar-refractivity contribution in [2.75, 3.05) is 5.32 Å². The SMILES string of the molecule is Cc1cccc(CNc2cnc(-c3ccccc3)nc2)c1. The number of aromatic nitrogens is 2. The maximum Gasteiger partial charge on any atom is 0.159 e. The Hall–Kier alpha value is -2.68. The van der Waals surface area contributed by atoms with Gasteiger partial charge in [-0.25, -0.2) is 9.97 Å². The second-order valence-electron chi connectivity index (χ2n) is 5.00. The fourth-order valence-electron chi connectivity index (χ4n) is 2.18. The molecule has 0 aliphatic carbocycles. The lowest BCUT2D eigenvalue weighted by atomic mass is 10.1. The summed E-state index contributed by atoms with van der Waals surface area (Å²) in [4.78, 5) is 8.81. The Kier molecular flexibility index (Phi) is 3.92. The third-order valence-electron chi connectivity index (χ3n) is 3.26. The van der Waals surface area contributed by atoms with Crippen LogP contribution in [-0.4, -0.2) is 9.97 Å². The van der Waals surface area contributed by atoms with Gasteiger partial charge in [0.05, 0.1) is 18.1 Å². The van der Waals surface area contributed by atoms with Gasteiger partial charge in [-0.1, -0.05) is 60.2 Å². The van der Waals surface area contributed by atoms with Crippen LogP contribution < -0.4 is 5.32 Å². The van der Waals surface area contributed by atoms with Crippen LogP contribution in [0.2, 0.25) is 0 Å². The van der Waals surface area contributed by atoms with Crippen LogP contribution in [0.15, 0.2) is 67.0 Å². The van der Waals surface area contributed by atoms with Gasteiger partial charge in [0.15, 0.2) is 5.82 Å². The molecule has 104 valence electrons. The molecule has 0 bridgehead atoms. The van der Waals surface area contributed by atoms with E-state index in [9.17, 15) is 0 Å². The van der Waals surface area contributed by atoms with Crippen LogP contribution in [0.1, 0.15) is 11.1 Å². The molecule has 0 aliphatic heterocycles. The Morgan fingerprint density at radius 3 is 2.38 bits per heavy atom. The van der Waals surface area contributed by atoms with Crippen LogP contribution in [0.25, 0.3) is 11.4 Å². The van der Waals surface area contributed by atoms with Crippen molar-refractivity contribution >= 4 is 5.69 Å². The summed E-state index contributed by atoms with van der Waals surface area (Å²) in [7, 11) is 0. The van der Waals surface area contributed by atoms with E-state index in [-0.39, 0.29) is 0 Å². The number of nitrogens with one attached hydrogen (secondary N) is 1. The number of hydrogen-bond donors (Lipinski definition) is 1. The molecule has 0 fully saturated rings. The minimum atomic E-state index is 0.747. The number of anilines is 1. The molecule has 2 aromatic carbocycles. The van der Waals surface area contributed by atoms with E-state index in [0.717, 1.165) is 23.6 Å². The van der Waals surface area contributed by atoms with Gasteiger partial charge in [0.25, 0.3) is 0 Å². The molecule has 0 saturated heterocycles. The van der Waals surface area contributed by atoms with E-state index in [1.807, 2.05) is 42.7 Å². The molecule has 0 unspecified atom stereocenters. The van der Waals surface area contributed by atoms with E-state index in [1.165, 1.54) is 11.1 Å². The maximum absolute atomic E-state index is 4.41. The van der Waals surface area contributed by atoms with Gasteiger partial charge in [0, 0.05) is 12.1 Å². The highest BCUT2D eigenvalue weighted by molar-refractivity contribution is 5.55. The second kappa shape index (κ2) is 6.18. The fraction of sp³-hybridized carbons (Fsp3) is 0.111. The summed E-state index contributed by atoms with van der Waals surface area (Å²) in [6, 6.07) is 18.4. The molecule has 0 radical (unpaired) electrons. The zero-order chi connectivity index (χ0) is 14.5. The Bertz CT molecular complexity index is 706. The Labute approximate surface area is 124 Å². The van der Waals surface area contributed by atoms with Crippen molar-refractivity contribution in [3.63, 3.8) is 0 Å². The van der Waals surface area contributed by atoms with Crippen LogP contribution in [-0.2, 0) is 6.54 Å². The number of hydrogen-bond acceptors (Lipinski definition) is 3. The first-order chi connectivity index (χ1) is 10.3. The van der Waals surface area contributed by atoms with Gasteiger partial charge in [-0.05, 0) is 12.5 Å². The van der Waals surface area contributed by atoms with Crippen molar-refractivity contribution in [2.45, 2.75) is 13.5 Å². The Morgan fingerprint density at radius 1 is 0.905 bits per heavy atom. The highest BCUT2D eigenvalue weighted by Crippen LogP contribution is 2.15. The molecular weight excluding hydrogens is 258 g/mol. The third kappa shape index (κ3) is 3.45. The molecule has 3 nitrogen and oxygen atoms in total. The van der Waals surface area contributed by atoms with Gasteiger partial charge in [-0.2, -0.15) is 0 Å². The van der Waals surface area contributed by atoms with Crippen LogP contribution >= 0.6 is 0 Å². The normalized spacial score (nSPS) is 10.3. The van der Waals surface area contributed by atoms with E-state index in [2.05, 4.69) is 46.5 Å². The molecule has 0 aliphatic rings. The summed E-state index contributed by atoms with van der Waals surface area (Å²) in [6.07, 6.45) is 3.65. The van der Waals surface area contributed by atoms with Crippen molar-refractivity contribution in [2.24, 2.45) is 0 Å². The lowest BCUT2D eigenvalue weighted by Crippen LogP contribution is -2.01. The highest BCUT2D eigenvalue weighted by atomic mass is 14.9. The van der Waals surface area contributed by atoms with Gasteiger partial charge in [0.1, 0.15) is 0 Å². The van der Waals surface area contributed by atoms with Gasteiger partial charge in [-0.3, -0.25) is 0 Å². The van der Waals surface area contributed by atoms with Crippen molar-refractivity contribution in [3.8, 4) is 11.4 Å². The molecule has 1 N–H and O–H groups in total. The van der Waals surface area contributed by atoms with Crippen molar-refractivity contribution in [3.05, 3.63) is 78.1 Å². The summed E-state index contributed by atoms with van der Waals surface area (Å²) in [5, 5.41) is 3.34. The average molecular weight is 275 g/mol. The number of rotatable bonds is 4. The lowest BCUT2D eigenvalue weighted by molar-refractivity contribution is 1.10. The first kappa shape index (κ1) is 13.3. The predicted molar refractivity (Wildman–Crippen MR) is 86.0 cm³/mol. The molecule has 0 atom stereocenters. The highest BCUT2D eigenvalue weighted by Gasteiger charge is 2.00. The lowest BCUT2D eigenvalue weighted by Gasteiger charge is -2.07. The summed E-state index contributed by atoms with van der Waals surface area (Å²) in [5.41, 5.74) is 4.48. The maximum atomic E-state index is 4.41. The largest absolute Gasteiger partial charge is 0.378 e. The quantitative estimate of drug-likeness (QED) is 0.780. The van der Waals surface area contributed by atoms with Gasteiger partial charge in [-0.15, -0.1) is 0 Å². The standard InChI is InChI=1S/C18H17N3/c1-14-6-5-7-15(10-14)11-19-17-12-20-18(21-13-17)16-8-3-2-4-9-16/h2-10,12-13,19H,11H2,1H3. The summed E-state index contributed by atoms with van der Waals surface area (Å²) < 4.78 is 0. The molecule has 1 heterocycles. The summed E-state index contributed by atoms with van der Waals surface area (Å²) >= 11 is 0. The van der Waals surface area contributed by atoms with Crippen molar-refractivity contribution in [1.29, 1.82) is 0 Å². The van der Waals surface area contributed by atoms with E-state index in [0.29, 0.717) is 0 Å². The number of aryl methyl sites for hydroxylation is 1. The van der Waals surface area contributed by atoms with Gasteiger partial charge in [0.2, 0.25) is 0 Å². The van der Waals surface area contributed by atoms with Gasteiger partial charge >= 0.3 is 0 Å².